The van der Waals surface area contributed by atoms with Crippen molar-refractivity contribution in [2.24, 2.45) is 5.92 Å². The van der Waals surface area contributed by atoms with Gasteiger partial charge in [0.2, 0.25) is 15.9 Å². The van der Waals surface area contributed by atoms with E-state index in [9.17, 15) is 13.2 Å². The van der Waals surface area contributed by atoms with E-state index in [0.29, 0.717) is 37.3 Å². The van der Waals surface area contributed by atoms with Gasteiger partial charge in [-0.2, -0.15) is 9.40 Å². The van der Waals surface area contributed by atoms with Gasteiger partial charge in [-0.3, -0.25) is 4.79 Å². The van der Waals surface area contributed by atoms with Crippen molar-refractivity contribution in [3.05, 3.63) is 77.1 Å². The van der Waals surface area contributed by atoms with Gasteiger partial charge in [0.05, 0.1) is 23.1 Å². The molecule has 8 heteroatoms. The second-order valence-corrected chi connectivity index (χ2v) is 11.5. The molecule has 3 aromatic rings. The minimum Gasteiger partial charge on any atom is -0.349 e. The number of piperidine rings is 1. The molecule has 0 radical (unpaired) electrons. The predicted molar refractivity (Wildman–Crippen MR) is 135 cm³/mol. The molecular formula is C27H32N4O3S. The Bertz CT molecular complexity index is 1330. The zero-order valence-electron chi connectivity index (χ0n) is 20.3. The van der Waals surface area contributed by atoms with Gasteiger partial charge in [0, 0.05) is 19.0 Å². The van der Waals surface area contributed by atoms with E-state index in [1.807, 2.05) is 42.5 Å². The van der Waals surface area contributed by atoms with Crippen LogP contribution in [0.25, 0.3) is 5.69 Å². The molecule has 2 heterocycles. The Morgan fingerprint density at radius 1 is 0.971 bits per heavy atom. The Morgan fingerprint density at radius 2 is 1.66 bits per heavy atom. The molecule has 0 spiro atoms. The Balaban J connectivity index is 1.27. The maximum atomic E-state index is 13.6. The predicted octanol–water partition coefficient (Wildman–Crippen LogP) is 4.08. The van der Waals surface area contributed by atoms with Crippen molar-refractivity contribution in [2.45, 2.75) is 56.9 Å². The molecule has 0 saturated carbocycles. The highest BCUT2D eigenvalue weighted by atomic mass is 32.2. The summed E-state index contributed by atoms with van der Waals surface area (Å²) >= 11 is 0. The Labute approximate surface area is 207 Å². The van der Waals surface area contributed by atoms with Gasteiger partial charge in [0.25, 0.3) is 0 Å². The highest BCUT2D eigenvalue weighted by molar-refractivity contribution is 7.89. The molecule has 1 amide bonds. The van der Waals surface area contributed by atoms with Crippen molar-refractivity contribution in [2.75, 3.05) is 13.1 Å². The van der Waals surface area contributed by atoms with Crippen LogP contribution in [0.2, 0.25) is 0 Å². The molecule has 2 aliphatic rings. The normalized spacial score (nSPS) is 19.3. The Hall–Kier alpha value is -2.97. The van der Waals surface area contributed by atoms with E-state index in [2.05, 4.69) is 22.5 Å². The molecular weight excluding hydrogens is 460 g/mol. The van der Waals surface area contributed by atoms with Crippen LogP contribution >= 0.6 is 0 Å². The van der Waals surface area contributed by atoms with Gasteiger partial charge in [0.1, 0.15) is 4.90 Å². The Kier molecular flexibility index (Phi) is 6.51. The molecule has 1 aliphatic carbocycles. The molecule has 1 saturated heterocycles. The number of amides is 1. The summed E-state index contributed by atoms with van der Waals surface area (Å²) in [6, 6.07) is 17.9. The maximum absolute atomic E-state index is 13.6. The van der Waals surface area contributed by atoms with Gasteiger partial charge in [-0.1, -0.05) is 42.5 Å². The quantitative estimate of drug-likeness (QED) is 0.582. The van der Waals surface area contributed by atoms with Crippen LogP contribution in [0, 0.1) is 19.8 Å². The van der Waals surface area contributed by atoms with Crippen LogP contribution in [-0.4, -0.2) is 41.5 Å². The summed E-state index contributed by atoms with van der Waals surface area (Å²) < 4.78 is 30.4. The van der Waals surface area contributed by atoms with E-state index in [-0.39, 0.29) is 22.8 Å². The number of nitrogens with one attached hydrogen (secondary N) is 1. The SMILES string of the molecule is Cc1nn(-c2ccccc2)c(C)c1S(=O)(=O)N1CCC(C(=O)N[C@@H]2CCCc3ccccc32)CC1. The molecule has 184 valence electrons. The van der Waals surface area contributed by atoms with Crippen molar-refractivity contribution in [1.29, 1.82) is 0 Å². The van der Waals surface area contributed by atoms with Crippen LogP contribution < -0.4 is 5.32 Å². The fourth-order valence-electron chi connectivity index (χ4n) is 5.50. The zero-order valence-corrected chi connectivity index (χ0v) is 21.1. The summed E-state index contributed by atoms with van der Waals surface area (Å²) in [6.07, 6.45) is 4.10. The lowest BCUT2D eigenvalue weighted by atomic mass is 9.87. The fraction of sp³-hybridized carbons (Fsp3) is 0.407. The van der Waals surface area contributed by atoms with Crippen LogP contribution in [0.1, 0.15) is 54.2 Å². The first-order valence-electron chi connectivity index (χ1n) is 12.4. The van der Waals surface area contributed by atoms with E-state index < -0.39 is 10.0 Å². The molecule has 5 rings (SSSR count). The van der Waals surface area contributed by atoms with Crippen LogP contribution in [0.4, 0.5) is 0 Å². The van der Waals surface area contributed by atoms with Gasteiger partial charge < -0.3 is 5.32 Å². The van der Waals surface area contributed by atoms with E-state index in [1.54, 1.807) is 18.5 Å². The highest BCUT2D eigenvalue weighted by Gasteiger charge is 2.36. The average Bonchev–Trinajstić information content (AvgIpc) is 3.19. The van der Waals surface area contributed by atoms with Crippen molar-refractivity contribution >= 4 is 15.9 Å². The van der Waals surface area contributed by atoms with Crippen LogP contribution in [0.3, 0.4) is 0 Å². The van der Waals surface area contributed by atoms with Gasteiger partial charge in [0.15, 0.2) is 0 Å². The lowest BCUT2D eigenvalue weighted by Crippen LogP contribution is -2.44. The number of rotatable bonds is 5. The van der Waals surface area contributed by atoms with Gasteiger partial charge in [-0.15, -0.1) is 0 Å². The van der Waals surface area contributed by atoms with Crippen molar-refractivity contribution in [1.82, 2.24) is 19.4 Å². The minimum absolute atomic E-state index is 0.0352. The number of aryl methyl sites for hydroxylation is 2. The standard InChI is InChI=1S/C27H32N4O3S/c1-19-26(20(2)31(29-19)23-11-4-3-5-12-23)35(33,34)30-17-15-22(16-18-30)27(32)28-25-14-8-10-21-9-6-7-13-24(21)25/h3-7,9,11-13,22,25H,8,10,14-18H2,1-2H3,(H,28,32)/t25-/m1/s1. The topological polar surface area (TPSA) is 84.3 Å². The number of nitrogens with zero attached hydrogens (tertiary/aromatic N) is 3. The number of hydrogen-bond acceptors (Lipinski definition) is 4. The van der Waals surface area contributed by atoms with Crippen molar-refractivity contribution in [3.8, 4) is 5.69 Å². The summed E-state index contributed by atoms with van der Waals surface area (Å²) in [5.74, 6) is -0.141. The summed E-state index contributed by atoms with van der Waals surface area (Å²) in [6.45, 7) is 4.19. The first-order chi connectivity index (χ1) is 16.9. The van der Waals surface area contributed by atoms with Crippen LogP contribution in [0.15, 0.2) is 59.5 Å². The molecule has 1 aromatic heterocycles. The van der Waals surface area contributed by atoms with Crippen molar-refractivity contribution in [3.63, 3.8) is 0 Å². The monoisotopic (exact) mass is 492 g/mol. The van der Waals surface area contributed by atoms with Gasteiger partial charge >= 0.3 is 0 Å². The molecule has 0 unspecified atom stereocenters. The number of carbonyl (C=O) groups excluding carboxylic acids is 1. The van der Waals surface area contributed by atoms with Gasteiger partial charge in [-0.25, -0.2) is 13.1 Å². The van der Waals surface area contributed by atoms with Crippen LogP contribution in [-0.2, 0) is 21.2 Å². The van der Waals surface area contributed by atoms with Crippen molar-refractivity contribution < 1.29 is 13.2 Å². The number of para-hydroxylation sites is 1. The second-order valence-electron chi connectivity index (χ2n) is 9.58. The third kappa shape index (κ3) is 4.52. The molecule has 7 nitrogen and oxygen atoms in total. The summed E-state index contributed by atoms with van der Waals surface area (Å²) in [5.41, 5.74) is 4.45. The largest absolute Gasteiger partial charge is 0.349 e. The molecule has 1 fully saturated rings. The number of carbonyl (C=O) groups is 1. The highest BCUT2D eigenvalue weighted by Crippen LogP contribution is 2.32. The molecule has 1 N–H and O–H groups in total. The van der Waals surface area contributed by atoms with Crippen LogP contribution in [0.5, 0.6) is 0 Å². The number of fused-ring (bicyclic) bond motifs is 1. The lowest BCUT2D eigenvalue weighted by Gasteiger charge is -2.32. The maximum Gasteiger partial charge on any atom is 0.246 e. The third-order valence-electron chi connectivity index (χ3n) is 7.33. The Morgan fingerprint density at radius 3 is 2.40 bits per heavy atom. The van der Waals surface area contributed by atoms with E-state index in [4.69, 9.17) is 0 Å². The first kappa shape index (κ1) is 23.8. The second kappa shape index (κ2) is 9.59. The summed E-state index contributed by atoms with van der Waals surface area (Å²) in [4.78, 5) is 13.3. The number of hydrogen-bond donors (Lipinski definition) is 1. The van der Waals surface area contributed by atoms with E-state index in [1.165, 1.54) is 15.4 Å². The zero-order chi connectivity index (χ0) is 24.6. The number of aromatic nitrogens is 2. The first-order valence-corrected chi connectivity index (χ1v) is 13.8. The average molecular weight is 493 g/mol. The summed E-state index contributed by atoms with van der Waals surface area (Å²) in [5, 5.41) is 7.76. The van der Waals surface area contributed by atoms with E-state index in [0.717, 1.165) is 24.9 Å². The summed E-state index contributed by atoms with van der Waals surface area (Å²) in [7, 11) is -3.71. The molecule has 35 heavy (non-hydrogen) atoms. The van der Waals surface area contributed by atoms with E-state index >= 15 is 0 Å². The smallest absolute Gasteiger partial charge is 0.246 e. The number of benzene rings is 2. The fourth-order valence-corrected chi connectivity index (χ4v) is 7.33. The minimum atomic E-state index is -3.71. The van der Waals surface area contributed by atoms with Gasteiger partial charge in [-0.05, 0) is 69.2 Å². The third-order valence-corrected chi connectivity index (χ3v) is 9.49. The lowest BCUT2D eigenvalue weighted by molar-refractivity contribution is -0.127. The molecule has 1 atom stereocenters. The molecule has 2 aromatic carbocycles. The molecule has 0 bridgehead atoms. The molecule has 1 aliphatic heterocycles. The number of sulfonamides is 1.